The maximum Gasteiger partial charge on any atom is 0.338 e. The molecule has 0 heterocycles. The largest absolute Gasteiger partial charge is 0.462 e. The predicted octanol–water partition coefficient (Wildman–Crippen LogP) is 3.97. The van der Waals surface area contributed by atoms with Gasteiger partial charge in [0, 0.05) is 5.92 Å². The number of hydrogen-bond donors (Lipinski definition) is 0. The molecular formula is C20H22O4. The van der Waals surface area contributed by atoms with E-state index in [1.54, 1.807) is 48.5 Å². The highest BCUT2D eigenvalue weighted by Gasteiger charge is 2.19. The molecule has 4 nitrogen and oxygen atoms in total. The molecule has 0 aromatic heterocycles. The summed E-state index contributed by atoms with van der Waals surface area (Å²) in [7, 11) is 0. The molecule has 0 unspecified atom stereocenters. The molecule has 0 amide bonds. The third kappa shape index (κ3) is 5.23. The van der Waals surface area contributed by atoms with Crippen LogP contribution in [0.2, 0.25) is 0 Å². The van der Waals surface area contributed by atoms with Gasteiger partial charge in [0.25, 0.3) is 0 Å². The Balaban J connectivity index is 1.86. The van der Waals surface area contributed by atoms with Crippen LogP contribution in [0.3, 0.4) is 0 Å². The summed E-state index contributed by atoms with van der Waals surface area (Å²) in [5.74, 6) is -0.561. The van der Waals surface area contributed by atoms with Gasteiger partial charge in [-0.25, -0.2) is 9.59 Å². The molecule has 0 saturated heterocycles. The summed E-state index contributed by atoms with van der Waals surface area (Å²) >= 11 is 0. The lowest BCUT2D eigenvalue weighted by atomic mass is 9.98. The summed E-state index contributed by atoms with van der Waals surface area (Å²) in [6.07, 6.45) is 0. The van der Waals surface area contributed by atoms with Crippen LogP contribution in [0.5, 0.6) is 0 Å². The number of benzene rings is 2. The van der Waals surface area contributed by atoms with Crippen molar-refractivity contribution in [1.29, 1.82) is 0 Å². The van der Waals surface area contributed by atoms with Crippen LogP contribution in [0.15, 0.2) is 60.7 Å². The summed E-state index contributed by atoms with van der Waals surface area (Å²) in [6.45, 7) is 4.45. The molecule has 4 heteroatoms. The Kier molecular flexibility index (Phi) is 6.55. The van der Waals surface area contributed by atoms with Gasteiger partial charge < -0.3 is 9.47 Å². The van der Waals surface area contributed by atoms with Gasteiger partial charge in [-0.2, -0.15) is 0 Å². The van der Waals surface area contributed by atoms with E-state index in [2.05, 4.69) is 0 Å². The van der Waals surface area contributed by atoms with E-state index in [1.165, 1.54) is 0 Å². The fourth-order valence-electron chi connectivity index (χ4n) is 2.11. The van der Waals surface area contributed by atoms with Gasteiger partial charge in [-0.3, -0.25) is 0 Å². The Bertz CT molecular complexity index is 594. The fourth-order valence-corrected chi connectivity index (χ4v) is 2.11. The smallest absolute Gasteiger partial charge is 0.338 e. The van der Waals surface area contributed by atoms with Crippen molar-refractivity contribution >= 4 is 11.9 Å². The monoisotopic (exact) mass is 326 g/mol. The lowest BCUT2D eigenvalue weighted by Crippen LogP contribution is -2.25. The molecule has 0 atom stereocenters. The van der Waals surface area contributed by atoms with E-state index in [-0.39, 0.29) is 37.0 Å². The second-order valence-corrected chi connectivity index (χ2v) is 5.93. The Morgan fingerprint density at radius 3 is 1.46 bits per heavy atom. The van der Waals surface area contributed by atoms with Crippen molar-refractivity contribution < 1.29 is 19.1 Å². The van der Waals surface area contributed by atoms with Crippen molar-refractivity contribution in [3.8, 4) is 0 Å². The van der Waals surface area contributed by atoms with E-state index < -0.39 is 0 Å². The van der Waals surface area contributed by atoms with Crippen LogP contribution in [-0.2, 0) is 9.47 Å². The summed E-state index contributed by atoms with van der Waals surface area (Å²) in [4.78, 5) is 24.0. The molecule has 0 N–H and O–H groups in total. The molecule has 2 rings (SSSR count). The van der Waals surface area contributed by atoms with Gasteiger partial charge in [0.05, 0.1) is 24.3 Å². The first-order valence-electron chi connectivity index (χ1n) is 8.02. The first kappa shape index (κ1) is 17.7. The van der Waals surface area contributed by atoms with E-state index in [4.69, 9.17) is 9.47 Å². The average Bonchev–Trinajstić information content (AvgIpc) is 2.62. The van der Waals surface area contributed by atoms with Crippen molar-refractivity contribution in [2.45, 2.75) is 13.8 Å². The summed E-state index contributed by atoms with van der Waals surface area (Å²) in [5.41, 5.74) is 1.03. The Morgan fingerprint density at radius 1 is 0.750 bits per heavy atom. The highest BCUT2D eigenvalue weighted by molar-refractivity contribution is 5.89. The molecule has 0 spiro atoms. The average molecular weight is 326 g/mol. The lowest BCUT2D eigenvalue weighted by molar-refractivity contribution is 0.0189. The quantitative estimate of drug-likeness (QED) is 0.722. The lowest BCUT2D eigenvalue weighted by Gasteiger charge is -2.20. The van der Waals surface area contributed by atoms with Crippen molar-refractivity contribution in [1.82, 2.24) is 0 Å². The maximum absolute atomic E-state index is 12.0. The highest BCUT2D eigenvalue weighted by Crippen LogP contribution is 2.14. The minimum Gasteiger partial charge on any atom is -0.462 e. The van der Waals surface area contributed by atoms with Gasteiger partial charge in [-0.15, -0.1) is 0 Å². The first-order chi connectivity index (χ1) is 11.6. The minimum atomic E-state index is -0.365. The SMILES string of the molecule is CC(C)C(COC(=O)c1ccccc1)COC(=O)c1ccccc1. The Hall–Kier alpha value is -2.62. The van der Waals surface area contributed by atoms with Crippen LogP contribution >= 0.6 is 0 Å². The molecule has 2 aromatic rings. The van der Waals surface area contributed by atoms with E-state index in [9.17, 15) is 9.59 Å². The van der Waals surface area contributed by atoms with Gasteiger partial charge in [0.2, 0.25) is 0 Å². The van der Waals surface area contributed by atoms with Crippen LogP contribution in [0, 0.1) is 11.8 Å². The third-order valence-electron chi connectivity index (χ3n) is 3.82. The Labute approximate surface area is 142 Å². The van der Waals surface area contributed by atoms with Crippen LogP contribution in [-0.4, -0.2) is 25.2 Å². The van der Waals surface area contributed by atoms with E-state index in [1.807, 2.05) is 26.0 Å². The molecule has 2 aromatic carbocycles. The molecule has 0 bridgehead atoms. The molecule has 0 fully saturated rings. The molecule has 0 saturated carbocycles. The molecule has 126 valence electrons. The van der Waals surface area contributed by atoms with Gasteiger partial charge in [-0.1, -0.05) is 50.2 Å². The number of carbonyl (C=O) groups excluding carboxylic acids is 2. The molecule has 0 aliphatic rings. The second kappa shape index (κ2) is 8.87. The topological polar surface area (TPSA) is 52.6 Å². The van der Waals surface area contributed by atoms with Crippen LogP contribution in [0.1, 0.15) is 34.6 Å². The predicted molar refractivity (Wildman–Crippen MR) is 91.8 cm³/mol. The van der Waals surface area contributed by atoms with Gasteiger partial charge in [-0.05, 0) is 30.2 Å². The standard InChI is InChI=1S/C20H22O4/c1-15(2)18(13-23-19(21)16-9-5-3-6-10-16)14-24-20(22)17-11-7-4-8-12-17/h3-12,15,18H,13-14H2,1-2H3. The van der Waals surface area contributed by atoms with Gasteiger partial charge in [0.1, 0.15) is 0 Å². The van der Waals surface area contributed by atoms with E-state index >= 15 is 0 Å². The molecule has 24 heavy (non-hydrogen) atoms. The maximum atomic E-state index is 12.0. The zero-order valence-electron chi connectivity index (χ0n) is 14.0. The second-order valence-electron chi connectivity index (χ2n) is 5.93. The molecular weight excluding hydrogens is 304 g/mol. The zero-order valence-corrected chi connectivity index (χ0v) is 14.0. The Morgan fingerprint density at radius 2 is 1.12 bits per heavy atom. The summed E-state index contributed by atoms with van der Waals surface area (Å²) in [5, 5.41) is 0. The molecule has 0 aliphatic carbocycles. The van der Waals surface area contributed by atoms with Crippen molar-refractivity contribution in [3.63, 3.8) is 0 Å². The van der Waals surface area contributed by atoms with Gasteiger partial charge >= 0.3 is 11.9 Å². The number of ether oxygens (including phenoxy) is 2. The zero-order chi connectivity index (χ0) is 17.4. The highest BCUT2D eigenvalue weighted by atomic mass is 16.5. The number of carbonyl (C=O) groups is 2. The van der Waals surface area contributed by atoms with Gasteiger partial charge in [0.15, 0.2) is 0 Å². The van der Waals surface area contributed by atoms with E-state index in [0.717, 1.165) is 0 Å². The summed E-state index contributed by atoms with van der Waals surface area (Å²) < 4.78 is 10.7. The minimum absolute atomic E-state index is 0.0506. The molecule has 0 aliphatic heterocycles. The number of hydrogen-bond acceptors (Lipinski definition) is 4. The van der Waals surface area contributed by atoms with Crippen molar-refractivity contribution in [3.05, 3.63) is 71.8 Å². The molecule has 0 radical (unpaired) electrons. The fraction of sp³-hybridized carbons (Fsp3) is 0.300. The summed E-state index contributed by atoms with van der Waals surface area (Å²) in [6, 6.07) is 17.7. The number of esters is 2. The van der Waals surface area contributed by atoms with Crippen LogP contribution in [0.25, 0.3) is 0 Å². The van der Waals surface area contributed by atoms with Crippen LogP contribution < -0.4 is 0 Å². The third-order valence-corrected chi connectivity index (χ3v) is 3.82. The normalized spacial score (nSPS) is 10.7. The van der Waals surface area contributed by atoms with Crippen LogP contribution in [0.4, 0.5) is 0 Å². The first-order valence-corrected chi connectivity index (χ1v) is 8.02. The van der Waals surface area contributed by atoms with E-state index in [0.29, 0.717) is 11.1 Å². The van der Waals surface area contributed by atoms with Crippen molar-refractivity contribution in [2.75, 3.05) is 13.2 Å². The van der Waals surface area contributed by atoms with Crippen molar-refractivity contribution in [2.24, 2.45) is 11.8 Å². The number of rotatable bonds is 7.